The van der Waals surface area contributed by atoms with Gasteiger partial charge in [-0.05, 0) is 44.1 Å². The highest BCUT2D eigenvalue weighted by Gasteiger charge is 2.23. The van der Waals surface area contributed by atoms with Gasteiger partial charge in [-0.2, -0.15) is 0 Å². The zero-order valence-corrected chi connectivity index (χ0v) is 9.18. The van der Waals surface area contributed by atoms with Crippen LogP contribution < -0.4 is 0 Å². The second kappa shape index (κ2) is 5.33. The lowest BCUT2D eigenvalue weighted by molar-refractivity contribution is -0.117. The number of Topliss-reactive ketones (excluding diaryl/α,β-unsaturated/α-hetero) is 1. The van der Waals surface area contributed by atoms with Crippen LogP contribution in [-0.4, -0.2) is 5.78 Å². The second-order valence-corrected chi connectivity index (χ2v) is 4.73. The molecule has 0 bridgehead atoms. The molecule has 0 aliphatic heterocycles. The van der Waals surface area contributed by atoms with Crippen molar-refractivity contribution in [3.05, 3.63) is 11.1 Å². The van der Waals surface area contributed by atoms with Gasteiger partial charge in [0.15, 0.2) is 5.78 Å². The first kappa shape index (κ1) is 13.4. The normalized spacial score (nSPS) is 22.6. The Morgan fingerprint density at radius 3 is 2.29 bits per heavy atom. The molecule has 0 saturated heterocycles. The lowest BCUT2D eigenvalue weighted by Gasteiger charge is -2.24. The minimum atomic E-state index is 0. The molecular formula is C13H24O. The summed E-state index contributed by atoms with van der Waals surface area (Å²) >= 11 is 0. The molecule has 0 radical (unpaired) electrons. The smallest absolute Gasteiger partial charge is 0.158 e. The molecule has 0 heterocycles. The van der Waals surface area contributed by atoms with E-state index in [1.54, 1.807) is 0 Å². The van der Waals surface area contributed by atoms with Crippen LogP contribution in [0.4, 0.5) is 0 Å². The van der Waals surface area contributed by atoms with Crippen molar-refractivity contribution in [1.29, 1.82) is 0 Å². The number of carbonyl (C=O) groups is 1. The molecular weight excluding hydrogens is 172 g/mol. The Hall–Kier alpha value is -0.590. The Morgan fingerprint density at radius 1 is 1.29 bits per heavy atom. The van der Waals surface area contributed by atoms with E-state index in [1.165, 1.54) is 12.0 Å². The highest BCUT2D eigenvalue weighted by atomic mass is 16.1. The van der Waals surface area contributed by atoms with Crippen molar-refractivity contribution in [1.82, 2.24) is 0 Å². The maximum atomic E-state index is 11.5. The van der Waals surface area contributed by atoms with Gasteiger partial charge in [-0.3, -0.25) is 4.79 Å². The molecule has 0 N–H and O–H groups in total. The van der Waals surface area contributed by atoms with Gasteiger partial charge in [-0.15, -0.1) is 0 Å². The largest absolute Gasteiger partial charge is 0.295 e. The minimum Gasteiger partial charge on any atom is -0.295 e. The van der Waals surface area contributed by atoms with Gasteiger partial charge in [-0.25, -0.2) is 0 Å². The highest BCUT2D eigenvalue weighted by molar-refractivity contribution is 5.96. The third kappa shape index (κ3) is 3.28. The van der Waals surface area contributed by atoms with Crippen LogP contribution in [0, 0.1) is 11.8 Å². The van der Waals surface area contributed by atoms with Gasteiger partial charge in [0.2, 0.25) is 0 Å². The van der Waals surface area contributed by atoms with Crippen LogP contribution >= 0.6 is 0 Å². The van der Waals surface area contributed by atoms with Crippen LogP contribution in [0.15, 0.2) is 11.1 Å². The topological polar surface area (TPSA) is 17.1 Å². The molecule has 0 saturated carbocycles. The fourth-order valence-corrected chi connectivity index (χ4v) is 2.14. The van der Waals surface area contributed by atoms with E-state index in [0.29, 0.717) is 17.6 Å². The Kier molecular flexibility index (Phi) is 5.11. The number of hydrogen-bond donors (Lipinski definition) is 0. The van der Waals surface area contributed by atoms with Gasteiger partial charge in [0.25, 0.3) is 0 Å². The van der Waals surface area contributed by atoms with Crippen LogP contribution in [0.1, 0.15) is 54.4 Å². The lowest BCUT2D eigenvalue weighted by atomic mass is 9.80. The number of hydrogen-bond acceptors (Lipinski definition) is 1. The first-order valence-electron chi connectivity index (χ1n) is 5.20. The summed E-state index contributed by atoms with van der Waals surface area (Å²) in [5.74, 6) is 1.69. The molecule has 1 rings (SSSR count). The van der Waals surface area contributed by atoms with Crippen LogP contribution in [0.2, 0.25) is 0 Å². The Bertz CT molecular complexity index is 236. The standard InChI is InChI=1S/C12H20O.CH4/c1-8(2)5-11-6-9(3)10(4)12(13)7-11;/h8,11H,5-7H2,1-4H3;1H4. The molecule has 1 heteroatoms. The fraction of sp³-hybridized carbons (Fsp3) is 0.769. The predicted octanol–water partition coefficient (Wildman–Crippen LogP) is 3.98. The molecule has 1 aliphatic carbocycles. The van der Waals surface area contributed by atoms with Gasteiger partial charge >= 0.3 is 0 Å². The third-order valence-corrected chi connectivity index (χ3v) is 2.93. The zero-order chi connectivity index (χ0) is 10.0. The molecule has 0 fully saturated rings. The van der Waals surface area contributed by atoms with Gasteiger partial charge in [0.05, 0.1) is 0 Å². The molecule has 0 aromatic rings. The number of rotatable bonds is 2. The quantitative estimate of drug-likeness (QED) is 0.652. The van der Waals surface area contributed by atoms with Crippen LogP contribution in [0.5, 0.6) is 0 Å². The molecule has 1 aliphatic rings. The molecule has 0 aromatic carbocycles. The van der Waals surface area contributed by atoms with Crippen molar-refractivity contribution in [3.8, 4) is 0 Å². The van der Waals surface area contributed by atoms with Gasteiger partial charge in [-0.1, -0.05) is 26.8 Å². The molecule has 14 heavy (non-hydrogen) atoms. The minimum absolute atomic E-state index is 0. The monoisotopic (exact) mass is 196 g/mol. The summed E-state index contributed by atoms with van der Waals surface area (Å²) in [4.78, 5) is 11.5. The Labute approximate surface area is 88.6 Å². The van der Waals surface area contributed by atoms with Gasteiger partial charge in [0.1, 0.15) is 0 Å². The summed E-state index contributed by atoms with van der Waals surface area (Å²) in [7, 11) is 0. The van der Waals surface area contributed by atoms with Crippen molar-refractivity contribution in [3.63, 3.8) is 0 Å². The highest BCUT2D eigenvalue weighted by Crippen LogP contribution is 2.30. The van der Waals surface area contributed by atoms with Gasteiger partial charge in [0, 0.05) is 6.42 Å². The van der Waals surface area contributed by atoms with E-state index in [2.05, 4.69) is 20.8 Å². The van der Waals surface area contributed by atoms with Crippen LogP contribution in [0.25, 0.3) is 0 Å². The molecule has 0 aromatic heterocycles. The summed E-state index contributed by atoms with van der Waals surface area (Å²) in [5, 5.41) is 0. The molecule has 1 unspecified atom stereocenters. The van der Waals surface area contributed by atoms with E-state index in [9.17, 15) is 4.79 Å². The summed E-state index contributed by atoms with van der Waals surface area (Å²) < 4.78 is 0. The first-order valence-corrected chi connectivity index (χ1v) is 5.20. The van der Waals surface area contributed by atoms with E-state index < -0.39 is 0 Å². The van der Waals surface area contributed by atoms with Crippen molar-refractivity contribution in [2.24, 2.45) is 11.8 Å². The average molecular weight is 196 g/mol. The Morgan fingerprint density at radius 2 is 1.86 bits per heavy atom. The number of carbonyl (C=O) groups excluding carboxylic acids is 1. The molecule has 0 spiro atoms. The number of allylic oxidation sites excluding steroid dienone is 2. The van der Waals surface area contributed by atoms with E-state index in [1.807, 2.05) is 6.92 Å². The summed E-state index contributed by atoms with van der Waals surface area (Å²) in [5.41, 5.74) is 2.32. The van der Waals surface area contributed by atoms with E-state index >= 15 is 0 Å². The SMILES string of the molecule is C.CC1=C(C)C(=O)CC(CC(C)C)C1. The van der Waals surface area contributed by atoms with E-state index in [4.69, 9.17) is 0 Å². The second-order valence-electron chi connectivity index (χ2n) is 4.73. The van der Waals surface area contributed by atoms with Crippen molar-refractivity contribution >= 4 is 5.78 Å². The maximum Gasteiger partial charge on any atom is 0.158 e. The zero-order valence-electron chi connectivity index (χ0n) is 9.18. The van der Waals surface area contributed by atoms with Crippen LogP contribution in [-0.2, 0) is 4.79 Å². The maximum absolute atomic E-state index is 11.5. The third-order valence-electron chi connectivity index (χ3n) is 2.93. The van der Waals surface area contributed by atoms with E-state index in [-0.39, 0.29) is 7.43 Å². The van der Waals surface area contributed by atoms with Crippen molar-refractivity contribution in [2.45, 2.75) is 54.4 Å². The van der Waals surface area contributed by atoms with Gasteiger partial charge < -0.3 is 0 Å². The lowest BCUT2D eigenvalue weighted by Crippen LogP contribution is -2.18. The molecule has 82 valence electrons. The van der Waals surface area contributed by atoms with Crippen molar-refractivity contribution in [2.75, 3.05) is 0 Å². The van der Waals surface area contributed by atoms with Crippen molar-refractivity contribution < 1.29 is 4.79 Å². The average Bonchev–Trinajstić information content (AvgIpc) is 1.98. The molecule has 0 amide bonds. The molecule has 1 nitrogen and oxygen atoms in total. The summed E-state index contributed by atoms with van der Waals surface area (Å²) in [6.07, 6.45) is 3.10. The Balaban J connectivity index is 0.00000169. The fourth-order valence-electron chi connectivity index (χ4n) is 2.14. The summed E-state index contributed by atoms with van der Waals surface area (Å²) in [6, 6.07) is 0. The molecule has 1 atom stereocenters. The predicted molar refractivity (Wildman–Crippen MR) is 62.3 cm³/mol. The van der Waals surface area contributed by atoms with E-state index in [0.717, 1.165) is 18.4 Å². The summed E-state index contributed by atoms with van der Waals surface area (Å²) in [6.45, 7) is 8.51. The first-order chi connectivity index (χ1) is 6.00. The van der Waals surface area contributed by atoms with Crippen LogP contribution in [0.3, 0.4) is 0 Å². The number of ketones is 1.